The van der Waals surface area contributed by atoms with E-state index in [9.17, 15) is 18.0 Å². The number of amides is 1. The highest BCUT2D eigenvalue weighted by Crippen LogP contribution is 2.22. The molecule has 0 aromatic carbocycles. The van der Waals surface area contributed by atoms with Gasteiger partial charge in [-0.2, -0.15) is 0 Å². The number of alkyl halides is 3. The fourth-order valence-corrected chi connectivity index (χ4v) is 0.829. The molecule has 1 rings (SSSR count). The molecule has 1 heterocycles. The van der Waals surface area contributed by atoms with Gasteiger partial charge in [0, 0.05) is 6.92 Å². The monoisotopic (exact) mass is 220 g/mol. The van der Waals surface area contributed by atoms with Crippen LogP contribution in [0.2, 0.25) is 0 Å². The Morgan fingerprint density at radius 1 is 1.47 bits per heavy atom. The van der Waals surface area contributed by atoms with Gasteiger partial charge in [0.2, 0.25) is 5.91 Å². The minimum atomic E-state index is -4.74. The highest BCUT2D eigenvalue weighted by molar-refractivity contribution is 5.87. The summed E-state index contributed by atoms with van der Waals surface area (Å²) >= 11 is 0. The lowest BCUT2D eigenvalue weighted by molar-refractivity contribution is -0.274. The van der Waals surface area contributed by atoms with Crippen molar-refractivity contribution in [2.75, 3.05) is 5.32 Å². The Morgan fingerprint density at radius 3 is 2.53 bits per heavy atom. The maximum atomic E-state index is 11.7. The van der Waals surface area contributed by atoms with Gasteiger partial charge in [-0.05, 0) is 12.1 Å². The molecule has 0 saturated carbocycles. The summed E-state index contributed by atoms with van der Waals surface area (Å²) in [6.45, 7) is 1.27. The van der Waals surface area contributed by atoms with Gasteiger partial charge in [0.15, 0.2) is 0 Å². The summed E-state index contributed by atoms with van der Waals surface area (Å²) in [4.78, 5) is 14.1. The van der Waals surface area contributed by atoms with Crippen LogP contribution in [0.3, 0.4) is 0 Å². The first-order valence-electron chi connectivity index (χ1n) is 3.86. The van der Waals surface area contributed by atoms with Gasteiger partial charge >= 0.3 is 6.36 Å². The van der Waals surface area contributed by atoms with E-state index in [1.165, 1.54) is 13.0 Å². The Morgan fingerprint density at radius 2 is 2.13 bits per heavy atom. The lowest BCUT2D eigenvalue weighted by Crippen LogP contribution is -2.17. The molecule has 0 radical (unpaired) electrons. The Bertz CT molecular complexity index is 348. The molecule has 0 spiro atoms. The van der Waals surface area contributed by atoms with Crippen LogP contribution < -0.4 is 10.1 Å². The van der Waals surface area contributed by atoms with Gasteiger partial charge in [0.1, 0.15) is 11.6 Å². The Kier molecular flexibility index (Phi) is 3.13. The Balaban J connectivity index is 2.68. The summed E-state index contributed by atoms with van der Waals surface area (Å²) in [6.07, 6.45) is -3.87. The number of pyridine rings is 1. The van der Waals surface area contributed by atoms with Gasteiger partial charge in [-0.25, -0.2) is 4.98 Å². The van der Waals surface area contributed by atoms with E-state index in [0.717, 1.165) is 12.3 Å². The lowest BCUT2D eigenvalue weighted by atomic mass is 10.4. The predicted molar refractivity (Wildman–Crippen MR) is 45.2 cm³/mol. The van der Waals surface area contributed by atoms with Gasteiger partial charge in [-0.15, -0.1) is 13.2 Å². The van der Waals surface area contributed by atoms with Crippen molar-refractivity contribution in [3.63, 3.8) is 0 Å². The van der Waals surface area contributed by atoms with Crippen molar-refractivity contribution in [2.24, 2.45) is 0 Å². The van der Waals surface area contributed by atoms with E-state index >= 15 is 0 Å². The van der Waals surface area contributed by atoms with Crippen LogP contribution in [-0.4, -0.2) is 17.3 Å². The number of hydrogen-bond donors (Lipinski definition) is 1. The number of nitrogens with one attached hydrogen (secondary N) is 1. The molecule has 15 heavy (non-hydrogen) atoms. The molecule has 1 amide bonds. The van der Waals surface area contributed by atoms with E-state index in [4.69, 9.17) is 0 Å². The average Bonchev–Trinajstić information content (AvgIpc) is 2.05. The first-order valence-corrected chi connectivity index (χ1v) is 3.86. The van der Waals surface area contributed by atoms with Gasteiger partial charge in [-0.3, -0.25) is 4.79 Å². The number of aromatic nitrogens is 1. The van der Waals surface area contributed by atoms with Crippen LogP contribution in [0.1, 0.15) is 6.92 Å². The molecule has 1 aromatic heterocycles. The van der Waals surface area contributed by atoms with Crippen molar-refractivity contribution < 1.29 is 22.7 Å². The molecule has 82 valence electrons. The number of carbonyl (C=O) groups is 1. The van der Waals surface area contributed by atoms with E-state index in [-0.39, 0.29) is 11.7 Å². The summed E-state index contributed by atoms with van der Waals surface area (Å²) in [5, 5.41) is 2.31. The van der Waals surface area contributed by atoms with Gasteiger partial charge < -0.3 is 10.1 Å². The summed E-state index contributed by atoms with van der Waals surface area (Å²) in [5.74, 6) is -0.624. The second-order valence-electron chi connectivity index (χ2n) is 2.61. The largest absolute Gasteiger partial charge is 0.573 e. The van der Waals surface area contributed by atoms with E-state index in [1.807, 2.05) is 0 Å². The molecule has 7 heteroatoms. The summed E-state index contributed by atoms with van der Waals surface area (Å²) < 4.78 is 38.8. The van der Waals surface area contributed by atoms with E-state index in [2.05, 4.69) is 15.0 Å². The fraction of sp³-hybridized carbons (Fsp3) is 0.250. The molecular weight excluding hydrogens is 213 g/mol. The normalized spacial score (nSPS) is 10.9. The molecule has 0 fully saturated rings. The highest BCUT2D eigenvalue weighted by Gasteiger charge is 2.31. The van der Waals surface area contributed by atoms with E-state index in [1.54, 1.807) is 0 Å². The summed E-state index contributed by atoms with van der Waals surface area (Å²) in [6, 6.07) is 2.27. The minimum absolute atomic E-state index is 0.164. The van der Waals surface area contributed by atoms with Crippen LogP contribution in [0, 0.1) is 0 Å². The molecule has 1 N–H and O–H groups in total. The van der Waals surface area contributed by atoms with Gasteiger partial charge in [0.25, 0.3) is 0 Å². The number of anilines is 1. The van der Waals surface area contributed by atoms with Crippen molar-refractivity contribution in [2.45, 2.75) is 13.3 Å². The summed E-state index contributed by atoms with van der Waals surface area (Å²) in [5.41, 5.74) is 0. The number of nitrogens with zero attached hydrogens (tertiary/aromatic N) is 1. The SMILES string of the molecule is CC(=O)Nc1ccc(OC(F)(F)F)cn1. The third-order valence-electron chi connectivity index (χ3n) is 1.27. The van der Waals surface area contributed by atoms with Crippen molar-refractivity contribution in [3.05, 3.63) is 18.3 Å². The first kappa shape index (κ1) is 11.3. The molecule has 1 aromatic rings. The Labute approximate surface area is 83.1 Å². The predicted octanol–water partition coefficient (Wildman–Crippen LogP) is 1.94. The van der Waals surface area contributed by atoms with Crippen molar-refractivity contribution >= 4 is 11.7 Å². The van der Waals surface area contributed by atoms with Gasteiger partial charge in [0.05, 0.1) is 6.20 Å². The first-order chi connectivity index (χ1) is 6.87. The molecule has 0 bridgehead atoms. The number of halogens is 3. The molecule has 0 saturated heterocycles. The number of hydrogen-bond acceptors (Lipinski definition) is 3. The van der Waals surface area contributed by atoms with Crippen molar-refractivity contribution in [1.29, 1.82) is 0 Å². The van der Waals surface area contributed by atoms with Crippen LogP contribution in [0.25, 0.3) is 0 Å². The quantitative estimate of drug-likeness (QED) is 0.828. The molecule has 4 nitrogen and oxygen atoms in total. The van der Waals surface area contributed by atoms with E-state index in [0.29, 0.717) is 0 Å². The minimum Gasteiger partial charge on any atom is -0.404 e. The molecule has 0 unspecified atom stereocenters. The van der Waals surface area contributed by atoms with Crippen LogP contribution in [0.5, 0.6) is 5.75 Å². The van der Waals surface area contributed by atoms with Crippen molar-refractivity contribution in [1.82, 2.24) is 4.98 Å². The molecular formula is C8H7F3N2O2. The number of carbonyl (C=O) groups excluding carboxylic acids is 1. The van der Waals surface area contributed by atoms with Gasteiger partial charge in [-0.1, -0.05) is 0 Å². The van der Waals surface area contributed by atoms with Crippen LogP contribution in [-0.2, 0) is 4.79 Å². The maximum absolute atomic E-state index is 11.7. The molecule has 0 aliphatic heterocycles. The zero-order chi connectivity index (χ0) is 11.5. The third-order valence-corrected chi connectivity index (χ3v) is 1.27. The second kappa shape index (κ2) is 4.16. The fourth-order valence-electron chi connectivity index (χ4n) is 0.829. The summed E-state index contributed by atoms with van der Waals surface area (Å²) in [7, 11) is 0. The highest BCUT2D eigenvalue weighted by atomic mass is 19.4. The van der Waals surface area contributed by atoms with Crippen LogP contribution >= 0.6 is 0 Å². The standard InChI is InChI=1S/C8H7F3N2O2/c1-5(14)13-7-3-2-6(4-12-7)15-8(9,10)11/h2-4H,1H3,(H,12,13,14). The molecule has 0 aliphatic rings. The zero-order valence-corrected chi connectivity index (χ0v) is 7.63. The van der Waals surface area contributed by atoms with Crippen LogP contribution in [0.15, 0.2) is 18.3 Å². The number of rotatable bonds is 2. The Hall–Kier alpha value is -1.79. The third kappa shape index (κ3) is 4.30. The average molecular weight is 220 g/mol. The molecule has 0 atom stereocenters. The lowest BCUT2D eigenvalue weighted by Gasteiger charge is -2.08. The number of ether oxygens (including phenoxy) is 1. The van der Waals surface area contributed by atoms with E-state index < -0.39 is 12.1 Å². The zero-order valence-electron chi connectivity index (χ0n) is 7.63. The smallest absolute Gasteiger partial charge is 0.404 e. The van der Waals surface area contributed by atoms with Crippen LogP contribution in [0.4, 0.5) is 19.0 Å². The second-order valence-corrected chi connectivity index (χ2v) is 2.61. The van der Waals surface area contributed by atoms with Crippen molar-refractivity contribution in [3.8, 4) is 5.75 Å². The maximum Gasteiger partial charge on any atom is 0.573 e. The molecule has 0 aliphatic carbocycles. The topological polar surface area (TPSA) is 51.2 Å².